The van der Waals surface area contributed by atoms with Crippen molar-refractivity contribution >= 4 is 14.1 Å². The van der Waals surface area contributed by atoms with Crippen LogP contribution in [0.1, 0.15) is 40.5 Å². The number of carbonyl (C=O) groups excluding carboxylic acids is 1. The first kappa shape index (κ1) is 15.8. The third-order valence-electron chi connectivity index (χ3n) is 3.04. The number of rotatable bonds is 7. The maximum atomic E-state index is 11.8. The second-order valence-electron chi connectivity index (χ2n) is 5.69. The highest BCUT2D eigenvalue weighted by molar-refractivity contribution is 6.69. The molecule has 2 nitrogen and oxygen atoms in total. The zero-order valence-corrected chi connectivity index (χ0v) is 13.0. The molecule has 0 saturated heterocycles. The molecular weight excluding hydrogens is 216 g/mol. The lowest BCUT2D eigenvalue weighted by atomic mass is 9.88. The monoisotopic (exact) mass is 244 g/mol. The zero-order valence-electron chi connectivity index (χ0n) is 12.0. The van der Waals surface area contributed by atoms with Gasteiger partial charge in [-0.2, -0.15) is 0 Å². The summed E-state index contributed by atoms with van der Waals surface area (Å²) in [5, 5.41) is 0. The molecule has 0 aliphatic heterocycles. The van der Waals surface area contributed by atoms with Crippen LogP contribution in [-0.4, -0.2) is 20.2 Å². The van der Waals surface area contributed by atoms with Crippen LogP contribution in [0.3, 0.4) is 0 Å². The highest BCUT2D eigenvalue weighted by atomic mass is 28.4. The highest BCUT2D eigenvalue weighted by Crippen LogP contribution is 2.25. The van der Waals surface area contributed by atoms with Gasteiger partial charge in [-0.15, -0.1) is 0 Å². The predicted octanol–water partition coefficient (Wildman–Crippen LogP) is 3.87. The van der Waals surface area contributed by atoms with E-state index in [1.54, 1.807) is 0 Å². The van der Waals surface area contributed by atoms with Gasteiger partial charge in [0.25, 0.3) is 0 Å². The Bertz CT molecular complexity index is 220. The highest BCUT2D eigenvalue weighted by Gasteiger charge is 2.31. The van der Waals surface area contributed by atoms with Crippen LogP contribution in [0.25, 0.3) is 0 Å². The first-order valence-corrected chi connectivity index (χ1v) is 9.84. The van der Waals surface area contributed by atoms with Gasteiger partial charge in [0.2, 0.25) is 0 Å². The van der Waals surface area contributed by atoms with Crippen molar-refractivity contribution < 1.29 is 9.22 Å². The lowest BCUT2D eigenvalue weighted by Gasteiger charge is -2.34. The number of ketones is 1. The van der Waals surface area contributed by atoms with Crippen molar-refractivity contribution in [2.24, 2.45) is 11.8 Å². The van der Waals surface area contributed by atoms with E-state index in [2.05, 4.69) is 33.5 Å². The maximum Gasteiger partial charge on any atom is 0.184 e. The molecule has 0 radical (unpaired) electrons. The van der Waals surface area contributed by atoms with Gasteiger partial charge in [0.1, 0.15) is 5.78 Å². The normalized spacial score (nSPS) is 17.9. The minimum atomic E-state index is -1.57. The van der Waals surface area contributed by atoms with Gasteiger partial charge in [-0.3, -0.25) is 4.79 Å². The minimum absolute atomic E-state index is 0.0340. The van der Waals surface area contributed by atoms with Crippen molar-refractivity contribution in [1.29, 1.82) is 0 Å². The fourth-order valence-corrected chi connectivity index (χ4v) is 3.11. The molecule has 0 N–H and O–H groups in total. The summed E-state index contributed by atoms with van der Waals surface area (Å²) in [6.45, 7) is 14.9. The quantitative estimate of drug-likeness (QED) is 0.636. The van der Waals surface area contributed by atoms with Gasteiger partial charge in [-0.25, -0.2) is 0 Å². The Labute approximate surface area is 102 Å². The zero-order chi connectivity index (χ0) is 12.9. The van der Waals surface area contributed by atoms with Gasteiger partial charge in [0.15, 0.2) is 8.32 Å². The first-order chi connectivity index (χ1) is 7.22. The first-order valence-electron chi connectivity index (χ1n) is 6.43. The number of hydrogen-bond acceptors (Lipinski definition) is 2. The van der Waals surface area contributed by atoms with E-state index in [0.29, 0.717) is 18.1 Å². The van der Waals surface area contributed by atoms with Gasteiger partial charge in [-0.1, -0.05) is 34.1 Å². The van der Waals surface area contributed by atoms with Crippen molar-refractivity contribution in [3.05, 3.63) is 0 Å². The predicted molar refractivity (Wildman–Crippen MR) is 72.1 cm³/mol. The van der Waals surface area contributed by atoms with E-state index in [0.717, 1.165) is 6.42 Å². The van der Waals surface area contributed by atoms with Crippen molar-refractivity contribution in [1.82, 2.24) is 0 Å². The molecule has 0 fully saturated rings. The average Bonchev–Trinajstić information content (AvgIpc) is 2.21. The summed E-state index contributed by atoms with van der Waals surface area (Å²) in [7, 11) is -1.57. The summed E-state index contributed by atoms with van der Waals surface area (Å²) in [6.07, 6.45) is 1.78. The van der Waals surface area contributed by atoms with E-state index in [1.165, 1.54) is 0 Å². The summed E-state index contributed by atoms with van der Waals surface area (Å²) >= 11 is 0. The van der Waals surface area contributed by atoms with Gasteiger partial charge in [0.05, 0.1) is 6.10 Å². The Morgan fingerprint density at radius 1 is 1.19 bits per heavy atom. The van der Waals surface area contributed by atoms with Gasteiger partial charge < -0.3 is 4.43 Å². The topological polar surface area (TPSA) is 26.3 Å². The molecule has 0 aliphatic carbocycles. The van der Waals surface area contributed by atoms with Crippen LogP contribution in [0.15, 0.2) is 0 Å². The third kappa shape index (κ3) is 5.26. The Hall–Kier alpha value is -0.153. The molecule has 0 aromatic rings. The molecule has 0 heterocycles. The molecule has 96 valence electrons. The Kier molecular flexibility index (Phi) is 6.49. The van der Waals surface area contributed by atoms with Crippen LogP contribution in [-0.2, 0) is 9.22 Å². The van der Waals surface area contributed by atoms with Crippen molar-refractivity contribution in [2.45, 2.75) is 66.3 Å². The van der Waals surface area contributed by atoms with Crippen molar-refractivity contribution in [3.8, 4) is 0 Å². The van der Waals surface area contributed by atoms with E-state index in [4.69, 9.17) is 4.43 Å². The number of Topliss-reactive ketones (excluding diaryl/α,β-unsaturated/α-hetero) is 1. The molecule has 0 saturated carbocycles. The van der Waals surface area contributed by atoms with Crippen LogP contribution in [0.5, 0.6) is 0 Å². The molecule has 3 atom stereocenters. The fourth-order valence-electron chi connectivity index (χ4n) is 1.86. The fraction of sp³-hybridized carbons (Fsp3) is 0.923. The van der Waals surface area contributed by atoms with Crippen LogP contribution < -0.4 is 0 Å². The summed E-state index contributed by atoms with van der Waals surface area (Å²) in [5.74, 6) is 0.812. The number of hydrogen-bond donors (Lipinski definition) is 0. The lowest BCUT2D eigenvalue weighted by Crippen LogP contribution is -2.41. The minimum Gasteiger partial charge on any atom is -0.414 e. The van der Waals surface area contributed by atoms with E-state index in [-0.39, 0.29) is 12.0 Å². The average molecular weight is 244 g/mol. The molecule has 0 amide bonds. The van der Waals surface area contributed by atoms with Crippen LogP contribution in [0.4, 0.5) is 0 Å². The van der Waals surface area contributed by atoms with E-state index < -0.39 is 8.32 Å². The second kappa shape index (κ2) is 6.55. The molecule has 0 spiro atoms. The van der Waals surface area contributed by atoms with Crippen LogP contribution >= 0.6 is 0 Å². The molecule has 16 heavy (non-hydrogen) atoms. The molecule has 0 aliphatic rings. The Morgan fingerprint density at radius 2 is 1.69 bits per heavy atom. The van der Waals surface area contributed by atoms with Gasteiger partial charge >= 0.3 is 0 Å². The van der Waals surface area contributed by atoms with Gasteiger partial charge in [0, 0.05) is 12.3 Å². The smallest absolute Gasteiger partial charge is 0.184 e. The van der Waals surface area contributed by atoms with Gasteiger partial charge in [-0.05, 0) is 25.6 Å². The SMILES string of the molecule is CCC(=O)[C@@H](C)[C@H](O[Si](C)(C)C)[C@@H](C)CC. The lowest BCUT2D eigenvalue weighted by molar-refractivity contribution is -0.125. The standard InChI is InChI=1S/C13H28O2Si/c1-8-10(3)13(15-16(5,6)7)11(4)12(14)9-2/h10-11,13H,8-9H2,1-7H3/t10-,11+,13+/m0/s1. The van der Waals surface area contributed by atoms with Crippen LogP contribution in [0.2, 0.25) is 19.6 Å². The molecular formula is C13H28O2Si. The molecule has 0 aromatic heterocycles. The number of carbonyl (C=O) groups is 1. The summed E-state index contributed by atoms with van der Waals surface area (Å²) in [5.41, 5.74) is 0. The summed E-state index contributed by atoms with van der Waals surface area (Å²) in [4.78, 5) is 11.8. The Morgan fingerprint density at radius 3 is 2.00 bits per heavy atom. The largest absolute Gasteiger partial charge is 0.414 e. The molecule has 3 heteroatoms. The maximum absolute atomic E-state index is 11.8. The van der Waals surface area contributed by atoms with Crippen molar-refractivity contribution in [2.75, 3.05) is 0 Å². The van der Waals surface area contributed by atoms with E-state index in [9.17, 15) is 4.79 Å². The van der Waals surface area contributed by atoms with Crippen LogP contribution in [0, 0.1) is 11.8 Å². The Balaban J connectivity index is 4.73. The summed E-state index contributed by atoms with van der Waals surface area (Å²) < 4.78 is 6.19. The summed E-state index contributed by atoms with van der Waals surface area (Å²) in [6, 6.07) is 0. The molecule has 0 aromatic carbocycles. The molecule has 0 unspecified atom stereocenters. The third-order valence-corrected chi connectivity index (χ3v) is 4.02. The van der Waals surface area contributed by atoms with E-state index in [1.807, 2.05) is 13.8 Å². The van der Waals surface area contributed by atoms with E-state index >= 15 is 0 Å². The molecule has 0 bridgehead atoms. The molecule has 0 rings (SSSR count). The van der Waals surface area contributed by atoms with Crippen molar-refractivity contribution in [3.63, 3.8) is 0 Å². The second-order valence-corrected chi connectivity index (χ2v) is 10.1.